The van der Waals surface area contributed by atoms with Crippen LogP contribution in [0.4, 0.5) is 0 Å². The van der Waals surface area contributed by atoms with Crippen LogP contribution in [0.3, 0.4) is 0 Å². The molecule has 2 aromatic rings. The van der Waals surface area contributed by atoms with Crippen molar-refractivity contribution in [3.05, 3.63) is 39.4 Å². The summed E-state index contributed by atoms with van der Waals surface area (Å²) >= 11 is 1.35. The van der Waals surface area contributed by atoms with Crippen LogP contribution >= 0.6 is 11.3 Å². The molecule has 0 saturated carbocycles. The zero-order valence-electron chi connectivity index (χ0n) is 10.4. The van der Waals surface area contributed by atoms with Crippen LogP contribution in [0.2, 0.25) is 0 Å². The van der Waals surface area contributed by atoms with E-state index in [1.165, 1.54) is 11.3 Å². The number of hydrogen-bond donors (Lipinski definition) is 2. The maximum atomic E-state index is 12.0. The molecule has 3 N–H and O–H groups in total. The molecule has 0 aromatic carbocycles. The first-order valence-corrected chi connectivity index (χ1v) is 6.55. The molecule has 5 nitrogen and oxygen atoms in total. The Balaban J connectivity index is 2.02. The number of thiophene rings is 1. The first-order chi connectivity index (χ1) is 9.20. The lowest BCUT2D eigenvalue weighted by Gasteiger charge is -2.00. The van der Waals surface area contributed by atoms with Crippen LogP contribution in [0.25, 0.3) is 0 Å². The van der Waals surface area contributed by atoms with Crippen LogP contribution in [0.5, 0.6) is 0 Å². The number of amides is 1. The van der Waals surface area contributed by atoms with Gasteiger partial charge in [-0.15, -0.1) is 11.3 Å². The quantitative estimate of drug-likeness (QED) is 0.827. The molecule has 0 aliphatic heterocycles. The molecule has 0 bridgehead atoms. The second kappa shape index (κ2) is 6.18. The fraction of sp³-hybridized carbons (Fsp3) is 0.231. The molecule has 2 aromatic heterocycles. The number of aryl methyl sites for hydroxylation is 1. The van der Waals surface area contributed by atoms with E-state index in [9.17, 15) is 4.79 Å². The van der Waals surface area contributed by atoms with Gasteiger partial charge in [0.1, 0.15) is 4.88 Å². The third-order valence-corrected chi connectivity index (χ3v) is 3.21. The lowest BCUT2D eigenvalue weighted by Crippen LogP contribution is -2.22. The summed E-state index contributed by atoms with van der Waals surface area (Å²) in [6, 6.07) is 3.59. The predicted octanol–water partition coefficient (Wildman–Crippen LogP) is 1.28. The van der Waals surface area contributed by atoms with Gasteiger partial charge in [-0.25, -0.2) is 0 Å². The molecule has 0 unspecified atom stereocenters. The number of rotatable bonds is 3. The van der Waals surface area contributed by atoms with Crippen molar-refractivity contribution >= 4 is 17.2 Å². The summed E-state index contributed by atoms with van der Waals surface area (Å²) in [5, 5.41) is 8.35. The summed E-state index contributed by atoms with van der Waals surface area (Å²) in [6.45, 7) is 2.41. The predicted molar refractivity (Wildman–Crippen MR) is 72.7 cm³/mol. The lowest BCUT2D eigenvalue weighted by molar-refractivity contribution is 0.0951. The van der Waals surface area contributed by atoms with Gasteiger partial charge in [-0.3, -0.25) is 4.79 Å². The summed E-state index contributed by atoms with van der Waals surface area (Å²) in [7, 11) is 0. The van der Waals surface area contributed by atoms with Crippen molar-refractivity contribution in [2.45, 2.75) is 13.5 Å². The Kier molecular flexibility index (Phi) is 4.34. The van der Waals surface area contributed by atoms with Gasteiger partial charge in [0, 0.05) is 11.6 Å². The van der Waals surface area contributed by atoms with Gasteiger partial charge in [0.15, 0.2) is 5.76 Å². The van der Waals surface area contributed by atoms with Crippen LogP contribution in [0.1, 0.15) is 26.7 Å². The van der Waals surface area contributed by atoms with E-state index in [2.05, 4.69) is 22.3 Å². The van der Waals surface area contributed by atoms with E-state index < -0.39 is 0 Å². The topological polar surface area (TPSA) is 81.2 Å². The van der Waals surface area contributed by atoms with Crippen molar-refractivity contribution in [2.75, 3.05) is 6.54 Å². The van der Waals surface area contributed by atoms with E-state index in [-0.39, 0.29) is 12.5 Å². The summed E-state index contributed by atoms with van der Waals surface area (Å²) in [4.78, 5) is 12.6. The number of carbonyl (C=O) groups is 1. The Morgan fingerprint density at radius 1 is 1.63 bits per heavy atom. The smallest absolute Gasteiger partial charge is 0.263 e. The van der Waals surface area contributed by atoms with Gasteiger partial charge in [0.05, 0.1) is 18.8 Å². The Labute approximate surface area is 114 Å². The maximum Gasteiger partial charge on any atom is 0.263 e. The van der Waals surface area contributed by atoms with Crippen molar-refractivity contribution in [3.8, 4) is 11.8 Å². The minimum atomic E-state index is -0.176. The average Bonchev–Trinajstić information content (AvgIpc) is 3.02. The Morgan fingerprint density at radius 3 is 3.16 bits per heavy atom. The van der Waals surface area contributed by atoms with E-state index in [4.69, 9.17) is 10.3 Å². The van der Waals surface area contributed by atoms with Crippen LogP contribution in [0, 0.1) is 18.8 Å². The van der Waals surface area contributed by atoms with E-state index in [1.807, 2.05) is 12.3 Å². The van der Waals surface area contributed by atoms with Crippen molar-refractivity contribution in [1.82, 2.24) is 10.5 Å². The highest BCUT2D eigenvalue weighted by Crippen LogP contribution is 2.15. The van der Waals surface area contributed by atoms with Gasteiger partial charge in [-0.05, 0) is 18.4 Å². The van der Waals surface area contributed by atoms with Crippen molar-refractivity contribution in [1.29, 1.82) is 0 Å². The summed E-state index contributed by atoms with van der Waals surface area (Å²) in [5.74, 6) is 6.06. The molecule has 19 heavy (non-hydrogen) atoms. The summed E-state index contributed by atoms with van der Waals surface area (Å²) in [6.07, 6.45) is 0. The number of hydrogen-bond acceptors (Lipinski definition) is 5. The highest BCUT2D eigenvalue weighted by Gasteiger charge is 2.12. The summed E-state index contributed by atoms with van der Waals surface area (Å²) < 4.78 is 5.02. The van der Waals surface area contributed by atoms with Gasteiger partial charge < -0.3 is 15.6 Å². The van der Waals surface area contributed by atoms with E-state index in [0.29, 0.717) is 22.7 Å². The normalized spacial score (nSPS) is 9.79. The Morgan fingerprint density at radius 2 is 2.47 bits per heavy atom. The molecular weight excluding hydrogens is 262 g/mol. The second-order valence-corrected chi connectivity index (χ2v) is 4.70. The Bertz CT molecular complexity index is 634. The fourth-order valence-electron chi connectivity index (χ4n) is 1.48. The molecule has 0 saturated heterocycles. The van der Waals surface area contributed by atoms with Crippen molar-refractivity contribution in [2.24, 2.45) is 5.73 Å². The van der Waals surface area contributed by atoms with Gasteiger partial charge in [-0.2, -0.15) is 0 Å². The zero-order valence-corrected chi connectivity index (χ0v) is 11.2. The number of nitrogens with zero attached hydrogens (tertiary/aromatic N) is 1. The molecule has 0 radical (unpaired) electrons. The van der Waals surface area contributed by atoms with Gasteiger partial charge in [0.25, 0.3) is 5.91 Å². The standard InChI is InChI=1S/C13H13N3O2S/c1-9-7-11(18-16-9)8-15-13(17)12-10(3-2-5-14)4-6-19-12/h4,6-7H,5,8,14H2,1H3,(H,15,17). The molecule has 6 heteroatoms. The van der Waals surface area contributed by atoms with Crippen LogP contribution in [0.15, 0.2) is 22.0 Å². The van der Waals surface area contributed by atoms with E-state index in [0.717, 1.165) is 5.69 Å². The number of aromatic nitrogens is 1. The van der Waals surface area contributed by atoms with Crippen LogP contribution in [-0.4, -0.2) is 17.6 Å². The highest BCUT2D eigenvalue weighted by atomic mass is 32.1. The first kappa shape index (κ1) is 13.3. The Hall–Kier alpha value is -2.10. The molecule has 1 amide bonds. The molecule has 0 spiro atoms. The SMILES string of the molecule is Cc1cc(CNC(=O)c2sccc2C#CCN)on1. The average molecular weight is 275 g/mol. The molecule has 2 rings (SSSR count). The van der Waals surface area contributed by atoms with Crippen LogP contribution < -0.4 is 11.1 Å². The van der Waals surface area contributed by atoms with Crippen LogP contribution in [-0.2, 0) is 6.54 Å². The number of carbonyl (C=O) groups excluding carboxylic acids is 1. The lowest BCUT2D eigenvalue weighted by atomic mass is 10.2. The minimum Gasteiger partial charge on any atom is -0.359 e. The van der Waals surface area contributed by atoms with Gasteiger partial charge >= 0.3 is 0 Å². The molecule has 0 aliphatic carbocycles. The molecular formula is C13H13N3O2S. The fourth-order valence-corrected chi connectivity index (χ4v) is 2.24. The maximum absolute atomic E-state index is 12.0. The molecule has 2 heterocycles. The largest absolute Gasteiger partial charge is 0.359 e. The highest BCUT2D eigenvalue weighted by molar-refractivity contribution is 7.12. The van der Waals surface area contributed by atoms with Crippen molar-refractivity contribution in [3.63, 3.8) is 0 Å². The molecule has 0 fully saturated rings. The number of nitrogens with two attached hydrogens (primary N) is 1. The molecule has 0 atom stereocenters. The van der Waals surface area contributed by atoms with Crippen molar-refractivity contribution < 1.29 is 9.32 Å². The monoisotopic (exact) mass is 275 g/mol. The van der Waals surface area contributed by atoms with Gasteiger partial charge in [0.2, 0.25) is 0 Å². The molecule has 0 aliphatic rings. The molecule has 98 valence electrons. The first-order valence-electron chi connectivity index (χ1n) is 5.67. The number of nitrogens with one attached hydrogen (secondary N) is 1. The third kappa shape index (κ3) is 3.44. The second-order valence-electron chi connectivity index (χ2n) is 3.79. The van der Waals surface area contributed by atoms with Gasteiger partial charge in [-0.1, -0.05) is 17.0 Å². The van der Waals surface area contributed by atoms with E-state index >= 15 is 0 Å². The summed E-state index contributed by atoms with van der Waals surface area (Å²) in [5.41, 5.74) is 6.80. The third-order valence-electron chi connectivity index (χ3n) is 2.30. The van der Waals surface area contributed by atoms with E-state index in [1.54, 1.807) is 12.1 Å². The zero-order chi connectivity index (χ0) is 13.7. The minimum absolute atomic E-state index is 0.176.